The van der Waals surface area contributed by atoms with Gasteiger partial charge in [0.1, 0.15) is 0 Å². The molecule has 1 unspecified atom stereocenters. The van der Waals surface area contributed by atoms with Gasteiger partial charge in [-0.1, -0.05) is 0 Å². The van der Waals surface area contributed by atoms with Gasteiger partial charge in [0, 0.05) is 15.8 Å². The van der Waals surface area contributed by atoms with Crippen molar-refractivity contribution in [1.82, 2.24) is 0 Å². The Morgan fingerprint density at radius 1 is 1.62 bits per heavy atom. The number of hydrogen-bond acceptors (Lipinski definition) is 4. The molecule has 0 aliphatic rings. The first-order valence-electron chi connectivity index (χ1n) is 4.67. The molecule has 6 heteroatoms. The van der Waals surface area contributed by atoms with Crippen LogP contribution in [0.1, 0.15) is 11.8 Å². The smallest absolute Gasteiger partial charge is 0.320 e. The highest BCUT2D eigenvalue weighted by atomic mass is 79.9. The van der Waals surface area contributed by atoms with Crippen molar-refractivity contribution in [3.63, 3.8) is 0 Å². The molecule has 1 aromatic rings. The maximum Gasteiger partial charge on any atom is 0.320 e. The quantitative estimate of drug-likeness (QED) is 0.670. The van der Waals surface area contributed by atoms with Crippen LogP contribution in [0, 0.1) is 5.92 Å². The highest BCUT2D eigenvalue weighted by Crippen LogP contribution is 2.26. The van der Waals surface area contributed by atoms with Gasteiger partial charge in [-0.15, -0.1) is 11.3 Å². The third-order valence-corrected chi connectivity index (χ3v) is 3.90. The molecule has 1 heterocycles. The number of carbonyl (C=O) groups is 2. The van der Waals surface area contributed by atoms with Crippen molar-refractivity contribution < 1.29 is 19.4 Å². The van der Waals surface area contributed by atoms with Crippen LogP contribution >= 0.6 is 27.3 Å². The summed E-state index contributed by atoms with van der Waals surface area (Å²) in [4.78, 5) is 23.2. The fourth-order valence-electron chi connectivity index (χ4n) is 1.17. The van der Waals surface area contributed by atoms with Crippen LogP contribution < -0.4 is 0 Å². The minimum atomic E-state index is -1.15. The molecule has 0 radical (unpaired) electrons. The molecule has 0 saturated heterocycles. The predicted octanol–water partition coefficient (Wildman–Crippen LogP) is 2.32. The van der Waals surface area contributed by atoms with Crippen LogP contribution in [0.25, 0.3) is 0 Å². The molecule has 0 fully saturated rings. The Hall–Kier alpha value is -0.880. The zero-order chi connectivity index (χ0) is 12.1. The van der Waals surface area contributed by atoms with Crippen molar-refractivity contribution in [2.24, 2.45) is 5.92 Å². The summed E-state index contributed by atoms with van der Waals surface area (Å²) in [7, 11) is 0. The minimum absolute atomic E-state index is 0.159. The van der Waals surface area contributed by atoms with Crippen molar-refractivity contribution in [1.29, 1.82) is 0 Å². The van der Waals surface area contributed by atoms with Crippen LogP contribution in [0.4, 0.5) is 0 Å². The molecule has 0 aliphatic carbocycles. The first kappa shape index (κ1) is 13.2. The van der Waals surface area contributed by atoms with E-state index in [4.69, 9.17) is 9.84 Å². The van der Waals surface area contributed by atoms with Gasteiger partial charge in [0.15, 0.2) is 5.92 Å². The number of carboxylic acid groups (broad SMARTS) is 1. The van der Waals surface area contributed by atoms with Gasteiger partial charge in [-0.3, -0.25) is 9.59 Å². The lowest BCUT2D eigenvalue weighted by molar-refractivity contribution is -0.158. The van der Waals surface area contributed by atoms with E-state index in [2.05, 4.69) is 15.9 Å². The van der Waals surface area contributed by atoms with Crippen molar-refractivity contribution in [2.75, 3.05) is 6.61 Å². The second-order valence-corrected chi connectivity index (χ2v) is 4.89. The average molecular weight is 307 g/mol. The van der Waals surface area contributed by atoms with E-state index in [9.17, 15) is 9.59 Å². The standard InChI is InChI=1S/C10H11BrO4S/c1-2-15-10(14)6(9(12)13)5-8-7(11)3-4-16-8/h3-4,6H,2,5H2,1H3,(H,12,13). The number of halogens is 1. The van der Waals surface area contributed by atoms with E-state index in [-0.39, 0.29) is 13.0 Å². The molecular weight excluding hydrogens is 296 g/mol. The van der Waals surface area contributed by atoms with Crippen LogP contribution in [0.2, 0.25) is 0 Å². The number of rotatable bonds is 5. The van der Waals surface area contributed by atoms with Crippen molar-refractivity contribution in [3.8, 4) is 0 Å². The van der Waals surface area contributed by atoms with Crippen LogP contribution in [0.3, 0.4) is 0 Å². The van der Waals surface area contributed by atoms with Gasteiger partial charge in [-0.2, -0.15) is 0 Å². The number of thiophene rings is 1. The Morgan fingerprint density at radius 3 is 2.75 bits per heavy atom. The second-order valence-electron chi connectivity index (χ2n) is 3.04. The Labute approximate surface area is 105 Å². The molecule has 0 aliphatic heterocycles. The van der Waals surface area contributed by atoms with Crippen molar-refractivity contribution in [3.05, 3.63) is 20.8 Å². The topological polar surface area (TPSA) is 63.6 Å². The normalized spacial score (nSPS) is 12.1. The molecule has 1 rings (SSSR count). The largest absolute Gasteiger partial charge is 0.481 e. The molecule has 1 N–H and O–H groups in total. The molecule has 1 atom stereocenters. The van der Waals surface area contributed by atoms with Gasteiger partial charge < -0.3 is 9.84 Å². The molecule has 0 spiro atoms. The van der Waals surface area contributed by atoms with E-state index in [0.717, 1.165) is 9.35 Å². The van der Waals surface area contributed by atoms with Crippen LogP contribution in [-0.2, 0) is 20.7 Å². The molecule has 0 aromatic carbocycles. The zero-order valence-electron chi connectivity index (χ0n) is 8.60. The molecule has 88 valence electrons. The fraction of sp³-hybridized carbons (Fsp3) is 0.400. The average Bonchev–Trinajstić information content (AvgIpc) is 2.60. The number of carboxylic acids is 1. The Kier molecular flexibility index (Phi) is 4.95. The number of carbonyl (C=O) groups excluding carboxylic acids is 1. The minimum Gasteiger partial charge on any atom is -0.481 e. The first-order chi connectivity index (χ1) is 7.56. The van der Waals surface area contributed by atoms with Gasteiger partial charge >= 0.3 is 11.9 Å². The van der Waals surface area contributed by atoms with Gasteiger partial charge in [-0.25, -0.2) is 0 Å². The number of hydrogen-bond donors (Lipinski definition) is 1. The van der Waals surface area contributed by atoms with E-state index in [0.29, 0.717) is 0 Å². The summed E-state index contributed by atoms with van der Waals surface area (Å²) in [6, 6.07) is 1.82. The molecule has 0 bridgehead atoms. The summed E-state index contributed by atoms with van der Waals surface area (Å²) in [6.45, 7) is 1.84. The predicted molar refractivity (Wildman–Crippen MR) is 63.5 cm³/mol. The Bertz CT molecular complexity index is 388. The van der Waals surface area contributed by atoms with E-state index in [1.807, 2.05) is 11.4 Å². The van der Waals surface area contributed by atoms with E-state index in [1.165, 1.54) is 11.3 Å². The van der Waals surface area contributed by atoms with Gasteiger partial charge in [0.2, 0.25) is 0 Å². The highest BCUT2D eigenvalue weighted by Gasteiger charge is 2.28. The summed E-state index contributed by atoms with van der Waals surface area (Å²) in [6.07, 6.45) is 0.159. The monoisotopic (exact) mass is 306 g/mol. The Morgan fingerprint density at radius 2 is 2.31 bits per heavy atom. The third kappa shape index (κ3) is 3.31. The molecule has 0 amide bonds. The lowest BCUT2D eigenvalue weighted by Gasteiger charge is -2.10. The van der Waals surface area contributed by atoms with Crippen molar-refractivity contribution in [2.45, 2.75) is 13.3 Å². The summed E-state index contributed by atoms with van der Waals surface area (Å²) < 4.78 is 5.55. The molecule has 16 heavy (non-hydrogen) atoms. The SMILES string of the molecule is CCOC(=O)C(Cc1sccc1Br)C(=O)O. The van der Waals surface area contributed by atoms with Crippen LogP contribution in [-0.4, -0.2) is 23.7 Å². The first-order valence-corrected chi connectivity index (χ1v) is 6.34. The molecule has 1 aromatic heterocycles. The maximum atomic E-state index is 11.4. The number of aliphatic carboxylic acids is 1. The van der Waals surface area contributed by atoms with Gasteiger partial charge in [-0.05, 0) is 34.3 Å². The Balaban J connectivity index is 2.76. The summed E-state index contributed by atoms with van der Waals surface area (Å²) in [5, 5.41) is 10.8. The zero-order valence-corrected chi connectivity index (χ0v) is 11.0. The summed E-state index contributed by atoms with van der Waals surface area (Å²) in [5.41, 5.74) is 0. The fourth-order valence-corrected chi connectivity index (χ4v) is 2.73. The van der Waals surface area contributed by atoms with E-state index < -0.39 is 17.9 Å². The lowest BCUT2D eigenvalue weighted by Crippen LogP contribution is -2.27. The molecular formula is C10H11BrO4S. The second kappa shape index (κ2) is 6.00. The summed E-state index contributed by atoms with van der Waals surface area (Å²) >= 11 is 4.71. The van der Waals surface area contributed by atoms with E-state index in [1.54, 1.807) is 6.92 Å². The number of ether oxygens (including phenoxy) is 1. The van der Waals surface area contributed by atoms with Crippen LogP contribution in [0.15, 0.2) is 15.9 Å². The third-order valence-electron chi connectivity index (χ3n) is 1.95. The molecule has 0 saturated carbocycles. The molecule has 4 nitrogen and oxygen atoms in total. The maximum absolute atomic E-state index is 11.4. The highest BCUT2D eigenvalue weighted by molar-refractivity contribution is 9.10. The van der Waals surface area contributed by atoms with Gasteiger partial charge in [0.05, 0.1) is 6.61 Å². The van der Waals surface area contributed by atoms with Gasteiger partial charge in [0.25, 0.3) is 0 Å². The number of esters is 1. The van der Waals surface area contributed by atoms with Crippen LogP contribution in [0.5, 0.6) is 0 Å². The summed E-state index contributed by atoms with van der Waals surface area (Å²) in [5.74, 6) is -2.97. The lowest BCUT2D eigenvalue weighted by atomic mass is 10.1. The van der Waals surface area contributed by atoms with E-state index >= 15 is 0 Å². The van der Waals surface area contributed by atoms with Crippen molar-refractivity contribution >= 4 is 39.2 Å².